The molecule has 1 N–H and O–H groups in total. The minimum atomic E-state index is -0.0675. The van der Waals surface area contributed by atoms with E-state index in [-0.39, 0.29) is 5.91 Å². The first-order valence-corrected chi connectivity index (χ1v) is 11.4. The minimum Gasteiger partial charge on any atom is -0.323 e. The number of nitrogens with zero attached hydrogens (tertiary/aromatic N) is 5. The van der Waals surface area contributed by atoms with Crippen molar-refractivity contribution in [1.29, 1.82) is 0 Å². The molecule has 9 heteroatoms. The van der Waals surface area contributed by atoms with Crippen molar-refractivity contribution >= 4 is 44.7 Å². The molecule has 0 bridgehead atoms. The molecule has 0 unspecified atom stereocenters. The standard InChI is InChI=1S/C22H21ClN6OS/c23-16-5-6-19(29-14-24-13-25-29)18(11-16)26-21(30)12-28-9-7-15(8-10-28)22-27-17-3-1-2-4-20(17)31-22/h1-6,11,13-15H,7-10,12H2,(H,26,30). The Hall–Kier alpha value is -2.81. The molecule has 158 valence electrons. The Bertz CT molecular complexity index is 1170. The lowest BCUT2D eigenvalue weighted by atomic mass is 9.97. The average molecular weight is 453 g/mol. The fraction of sp³-hybridized carbons (Fsp3) is 0.273. The summed E-state index contributed by atoms with van der Waals surface area (Å²) in [6.07, 6.45) is 5.06. The molecule has 1 aliphatic heterocycles. The number of carbonyl (C=O) groups is 1. The van der Waals surface area contributed by atoms with E-state index in [4.69, 9.17) is 16.6 Å². The Labute approximate surface area is 188 Å². The monoisotopic (exact) mass is 452 g/mol. The Morgan fingerprint density at radius 1 is 1.19 bits per heavy atom. The second-order valence-electron chi connectivity index (χ2n) is 7.62. The zero-order valence-electron chi connectivity index (χ0n) is 16.7. The molecule has 1 fully saturated rings. The van der Waals surface area contributed by atoms with Crippen molar-refractivity contribution in [2.75, 3.05) is 25.0 Å². The van der Waals surface area contributed by atoms with Gasteiger partial charge in [-0.15, -0.1) is 11.3 Å². The zero-order chi connectivity index (χ0) is 21.2. The Kier molecular flexibility index (Phi) is 5.67. The summed E-state index contributed by atoms with van der Waals surface area (Å²) >= 11 is 7.93. The number of benzene rings is 2. The van der Waals surface area contributed by atoms with E-state index in [1.54, 1.807) is 34.5 Å². The SMILES string of the molecule is O=C(CN1CCC(c2nc3ccccc3s2)CC1)Nc1cc(Cl)ccc1-n1cncn1. The lowest BCUT2D eigenvalue weighted by Crippen LogP contribution is -2.38. The molecule has 1 amide bonds. The van der Waals surface area contributed by atoms with E-state index in [0.29, 0.717) is 23.2 Å². The first-order chi connectivity index (χ1) is 15.2. The van der Waals surface area contributed by atoms with Gasteiger partial charge in [0.25, 0.3) is 0 Å². The van der Waals surface area contributed by atoms with E-state index in [9.17, 15) is 4.79 Å². The number of carbonyl (C=O) groups excluding carboxylic acids is 1. The first kappa shape index (κ1) is 20.1. The van der Waals surface area contributed by atoms with Crippen LogP contribution in [-0.2, 0) is 4.79 Å². The molecule has 0 spiro atoms. The zero-order valence-corrected chi connectivity index (χ0v) is 18.3. The number of thiazole rings is 1. The highest BCUT2D eigenvalue weighted by molar-refractivity contribution is 7.18. The van der Waals surface area contributed by atoms with Gasteiger partial charge < -0.3 is 5.32 Å². The van der Waals surface area contributed by atoms with Gasteiger partial charge >= 0.3 is 0 Å². The van der Waals surface area contributed by atoms with Crippen molar-refractivity contribution in [1.82, 2.24) is 24.6 Å². The molecule has 0 saturated carbocycles. The lowest BCUT2D eigenvalue weighted by molar-refractivity contribution is -0.117. The van der Waals surface area contributed by atoms with Crippen molar-refractivity contribution in [3.05, 3.63) is 65.1 Å². The van der Waals surface area contributed by atoms with Gasteiger partial charge in [0, 0.05) is 10.9 Å². The number of rotatable bonds is 5. The van der Waals surface area contributed by atoms with Crippen LogP contribution in [0.15, 0.2) is 55.1 Å². The summed E-state index contributed by atoms with van der Waals surface area (Å²) in [6.45, 7) is 2.09. The van der Waals surface area contributed by atoms with Crippen LogP contribution in [0.1, 0.15) is 23.8 Å². The van der Waals surface area contributed by atoms with Crippen LogP contribution >= 0.6 is 22.9 Å². The van der Waals surface area contributed by atoms with Crippen molar-refractivity contribution < 1.29 is 4.79 Å². The van der Waals surface area contributed by atoms with Crippen LogP contribution in [0, 0.1) is 0 Å². The van der Waals surface area contributed by atoms with E-state index in [2.05, 4.69) is 38.5 Å². The quantitative estimate of drug-likeness (QED) is 0.487. The van der Waals surface area contributed by atoms with Gasteiger partial charge in [-0.25, -0.2) is 14.6 Å². The van der Waals surface area contributed by atoms with Crippen molar-refractivity contribution in [2.24, 2.45) is 0 Å². The van der Waals surface area contributed by atoms with E-state index in [0.717, 1.165) is 37.1 Å². The maximum atomic E-state index is 12.7. The van der Waals surface area contributed by atoms with Crippen LogP contribution in [0.4, 0.5) is 5.69 Å². The smallest absolute Gasteiger partial charge is 0.238 e. The number of para-hydroxylation sites is 1. The van der Waals surface area contributed by atoms with Gasteiger partial charge in [-0.3, -0.25) is 9.69 Å². The summed E-state index contributed by atoms with van der Waals surface area (Å²) < 4.78 is 2.85. The molecule has 2 aromatic carbocycles. The van der Waals surface area contributed by atoms with E-state index >= 15 is 0 Å². The number of likely N-dealkylation sites (tertiary alicyclic amines) is 1. The summed E-state index contributed by atoms with van der Waals surface area (Å²) in [5.41, 5.74) is 2.42. The average Bonchev–Trinajstić information content (AvgIpc) is 3.44. The molecule has 0 atom stereocenters. The lowest BCUT2D eigenvalue weighted by Gasteiger charge is -2.30. The number of hydrogen-bond donors (Lipinski definition) is 1. The molecule has 4 aromatic rings. The topological polar surface area (TPSA) is 75.9 Å². The number of halogens is 1. The number of piperidine rings is 1. The Balaban J connectivity index is 1.20. The summed E-state index contributed by atoms with van der Waals surface area (Å²) in [5.74, 6) is 0.394. The van der Waals surface area contributed by atoms with Crippen molar-refractivity contribution in [3.63, 3.8) is 0 Å². The highest BCUT2D eigenvalue weighted by Crippen LogP contribution is 2.33. The molecule has 1 saturated heterocycles. The van der Waals surface area contributed by atoms with Crippen LogP contribution in [-0.4, -0.2) is 50.2 Å². The second kappa shape index (κ2) is 8.74. The molecule has 7 nitrogen and oxygen atoms in total. The fourth-order valence-electron chi connectivity index (χ4n) is 3.94. The van der Waals surface area contributed by atoms with Crippen LogP contribution in [0.25, 0.3) is 15.9 Å². The predicted octanol–water partition coefficient (Wildman–Crippen LogP) is 4.35. The van der Waals surface area contributed by atoms with Crippen molar-refractivity contribution in [2.45, 2.75) is 18.8 Å². The van der Waals surface area contributed by atoms with Gasteiger partial charge in [0.1, 0.15) is 12.7 Å². The fourth-order valence-corrected chi connectivity index (χ4v) is 5.24. The molecule has 31 heavy (non-hydrogen) atoms. The highest BCUT2D eigenvalue weighted by atomic mass is 35.5. The van der Waals surface area contributed by atoms with Crippen LogP contribution in [0.2, 0.25) is 5.02 Å². The molecule has 5 rings (SSSR count). The van der Waals surface area contributed by atoms with Gasteiger partial charge in [0.2, 0.25) is 5.91 Å². The van der Waals surface area contributed by atoms with Crippen LogP contribution in [0.3, 0.4) is 0 Å². The third kappa shape index (κ3) is 4.46. The minimum absolute atomic E-state index is 0.0675. The predicted molar refractivity (Wildman–Crippen MR) is 123 cm³/mol. The number of amides is 1. The van der Waals surface area contributed by atoms with E-state index in [1.807, 2.05) is 12.1 Å². The molecule has 2 aromatic heterocycles. The Morgan fingerprint density at radius 3 is 2.81 bits per heavy atom. The first-order valence-electron chi connectivity index (χ1n) is 10.2. The molecule has 3 heterocycles. The number of nitrogens with one attached hydrogen (secondary N) is 1. The van der Waals surface area contributed by atoms with Crippen LogP contribution < -0.4 is 5.32 Å². The second-order valence-corrected chi connectivity index (χ2v) is 9.12. The van der Waals surface area contributed by atoms with Crippen molar-refractivity contribution in [3.8, 4) is 5.69 Å². The molecular weight excluding hydrogens is 432 g/mol. The van der Waals surface area contributed by atoms with E-state index < -0.39 is 0 Å². The summed E-state index contributed by atoms with van der Waals surface area (Å²) in [6, 6.07) is 13.6. The third-order valence-electron chi connectivity index (χ3n) is 5.51. The van der Waals surface area contributed by atoms with Gasteiger partial charge in [-0.2, -0.15) is 5.10 Å². The largest absolute Gasteiger partial charge is 0.323 e. The summed E-state index contributed by atoms with van der Waals surface area (Å²) in [7, 11) is 0. The molecule has 0 radical (unpaired) electrons. The van der Waals surface area contributed by atoms with Gasteiger partial charge in [0.15, 0.2) is 0 Å². The number of anilines is 1. The normalized spacial score (nSPS) is 15.4. The third-order valence-corrected chi connectivity index (χ3v) is 6.95. The maximum absolute atomic E-state index is 12.7. The number of aromatic nitrogens is 4. The highest BCUT2D eigenvalue weighted by Gasteiger charge is 2.24. The maximum Gasteiger partial charge on any atom is 0.238 e. The van der Waals surface area contributed by atoms with Gasteiger partial charge in [-0.1, -0.05) is 23.7 Å². The molecular formula is C22H21ClN6OS. The number of hydrogen-bond acceptors (Lipinski definition) is 6. The van der Waals surface area contributed by atoms with Gasteiger partial charge in [0.05, 0.1) is 33.1 Å². The molecule has 0 aliphatic carbocycles. The summed E-state index contributed by atoms with van der Waals surface area (Å²) in [4.78, 5) is 23.7. The van der Waals surface area contributed by atoms with Crippen LogP contribution in [0.5, 0.6) is 0 Å². The summed E-state index contributed by atoms with van der Waals surface area (Å²) in [5, 5.41) is 8.89. The Morgan fingerprint density at radius 2 is 2.03 bits per heavy atom. The van der Waals surface area contributed by atoms with Gasteiger partial charge in [-0.05, 0) is 56.3 Å². The molecule has 1 aliphatic rings. The number of fused-ring (bicyclic) bond motifs is 1. The van der Waals surface area contributed by atoms with E-state index in [1.165, 1.54) is 16.0 Å².